The maximum absolute atomic E-state index is 8.96. The van der Waals surface area contributed by atoms with Crippen LogP contribution in [0.2, 0.25) is 0 Å². The lowest BCUT2D eigenvalue weighted by Gasteiger charge is -2.06. The smallest absolute Gasteiger partial charge is 0.151 e. The Morgan fingerprint density at radius 1 is 1.25 bits per heavy atom. The fourth-order valence-corrected chi connectivity index (χ4v) is 1.51. The van der Waals surface area contributed by atoms with Crippen molar-refractivity contribution in [2.75, 3.05) is 6.61 Å². The molecule has 0 fully saturated rings. The molecule has 0 bridgehead atoms. The number of aliphatic hydroxyl groups is 1. The van der Waals surface area contributed by atoms with Crippen molar-refractivity contribution in [2.24, 2.45) is 0 Å². The molecule has 2 rings (SSSR count). The van der Waals surface area contributed by atoms with Crippen molar-refractivity contribution in [1.29, 1.82) is 0 Å². The summed E-state index contributed by atoms with van der Waals surface area (Å²) in [5, 5.41) is 8.96. The molecule has 1 aromatic carbocycles. The van der Waals surface area contributed by atoms with Crippen molar-refractivity contribution in [2.45, 2.75) is 19.6 Å². The molecule has 4 nitrogen and oxygen atoms in total. The predicted molar refractivity (Wildman–Crippen MR) is 60.9 cm³/mol. The zero-order valence-electron chi connectivity index (χ0n) is 9.13. The van der Waals surface area contributed by atoms with Gasteiger partial charge in [-0.3, -0.25) is 9.97 Å². The van der Waals surface area contributed by atoms with Gasteiger partial charge in [-0.05, 0) is 31.0 Å². The average molecular weight is 218 g/mol. The summed E-state index contributed by atoms with van der Waals surface area (Å²) in [6, 6.07) is 5.94. The minimum atomic E-state index is -0.708. The first-order valence-corrected chi connectivity index (χ1v) is 5.25. The Labute approximate surface area is 93.9 Å². The summed E-state index contributed by atoms with van der Waals surface area (Å²) in [6.45, 7) is 2.11. The second-order valence-corrected chi connectivity index (χ2v) is 3.60. The van der Waals surface area contributed by atoms with Gasteiger partial charge < -0.3 is 9.84 Å². The molecular formula is C12H14N2O2. The van der Waals surface area contributed by atoms with Gasteiger partial charge in [0.05, 0.1) is 17.6 Å². The van der Waals surface area contributed by atoms with Gasteiger partial charge in [0.2, 0.25) is 0 Å². The van der Waals surface area contributed by atoms with Gasteiger partial charge in [0.15, 0.2) is 6.29 Å². The number of fused-ring (bicyclic) bond motifs is 1. The van der Waals surface area contributed by atoms with E-state index in [9.17, 15) is 0 Å². The molecule has 2 aromatic rings. The molecule has 0 aliphatic carbocycles. The Kier molecular flexibility index (Phi) is 3.44. The second kappa shape index (κ2) is 5.01. The van der Waals surface area contributed by atoms with Gasteiger partial charge in [0.25, 0.3) is 0 Å². The van der Waals surface area contributed by atoms with Crippen LogP contribution in [0.1, 0.15) is 12.5 Å². The average Bonchev–Trinajstić information content (AvgIpc) is 2.28. The third-order valence-electron chi connectivity index (χ3n) is 2.28. The van der Waals surface area contributed by atoms with Crippen molar-refractivity contribution in [3.8, 4) is 0 Å². The van der Waals surface area contributed by atoms with Crippen molar-refractivity contribution in [3.05, 3.63) is 36.2 Å². The van der Waals surface area contributed by atoms with Crippen LogP contribution in [-0.4, -0.2) is 28.0 Å². The molecule has 0 saturated carbocycles. The zero-order chi connectivity index (χ0) is 11.4. The molecule has 1 heterocycles. The van der Waals surface area contributed by atoms with Crippen molar-refractivity contribution in [1.82, 2.24) is 9.97 Å². The molecule has 0 saturated heterocycles. The summed E-state index contributed by atoms with van der Waals surface area (Å²) in [6.07, 6.45) is 3.41. The quantitative estimate of drug-likeness (QED) is 0.791. The van der Waals surface area contributed by atoms with Gasteiger partial charge in [-0.15, -0.1) is 0 Å². The van der Waals surface area contributed by atoms with Crippen LogP contribution >= 0.6 is 0 Å². The van der Waals surface area contributed by atoms with Crippen LogP contribution in [0.4, 0.5) is 0 Å². The van der Waals surface area contributed by atoms with Crippen LogP contribution in [0, 0.1) is 0 Å². The molecule has 1 aromatic heterocycles. The summed E-state index contributed by atoms with van der Waals surface area (Å²) in [4.78, 5) is 8.43. The van der Waals surface area contributed by atoms with E-state index in [4.69, 9.17) is 9.84 Å². The molecular weight excluding hydrogens is 204 g/mol. The summed E-state index contributed by atoms with van der Waals surface area (Å²) < 4.78 is 5.08. The number of benzene rings is 1. The Bertz CT molecular complexity index is 471. The first kappa shape index (κ1) is 11.0. The highest BCUT2D eigenvalue weighted by molar-refractivity contribution is 5.74. The fraction of sp³-hybridized carbons (Fsp3) is 0.333. The van der Waals surface area contributed by atoms with E-state index >= 15 is 0 Å². The van der Waals surface area contributed by atoms with Crippen molar-refractivity contribution in [3.63, 3.8) is 0 Å². The van der Waals surface area contributed by atoms with Crippen LogP contribution in [0.3, 0.4) is 0 Å². The van der Waals surface area contributed by atoms with Gasteiger partial charge in [0, 0.05) is 12.4 Å². The van der Waals surface area contributed by atoms with E-state index in [0.29, 0.717) is 6.61 Å². The van der Waals surface area contributed by atoms with E-state index in [2.05, 4.69) is 9.97 Å². The Morgan fingerprint density at radius 2 is 2.00 bits per heavy atom. The number of hydrogen-bond donors (Lipinski definition) is 1. The van der Waals surface area contributed by atoms with E-state index in [1.165, 1.54) is 0 Å². The summed E-state index contributed by atoms with van der Waals surface area (Å²) in [7, 11) is 0. The highest BCUT2D eigenvalue weighted by Crippen LogP contribution is 2.11. The van der Waals surface area contributed by atoms with Crippen LogP contribution in [0.15, 0.2) is 30.6 Å². The van der Waals surface area contributed by atoms with Crippen LogP contribution in [0.25, 0.3) is 11.0 Å². The molecule has 0 aliphatic heterocycles. The number of aromatic nitrogens is 2. The highest BCUT2D eigenvalue weighted by Gasteiger charge is 1.99. The van der Waals surface area contributed by atoms with E-state index in [1.807, 2.05) is 18.2 Å². The number of rotatable bonds is 4. The summed E-state index contributed by atoms with van der Waals surface area (Å²) in [5.74, 6) is 0. The third kappa shape index (κ3) is 2.74. The fourth-order valence-electron chi connectivity index (χ4n) is 1.51. The van der Waals surface area contributed by atoms with E-state index in [-0.39, 0.29) is 0 Å². The standard InChI is InChI=1S/C12H14N2O2/c1-9(15)16-7-4-10-2-3-11-12(8-10)14-6-5-13-11/h2-3,5-6,8-9,15H,4,7H2,1H3. The second-order valence-electron chi connectivity index (χ2n) is 3.60. The van der Waals surface area contributed by atoms with Crippen LogP contribution < -0.4 is 0 Å². The first-order chi connectivity index (χ1) is 7.75. The highest BCUT2D eigenvalue weighted by atomic mass is 16.6. The number of aliphatic hydroxyl groups excluding tert-OH is 1. The molecule has 0 aliphatic rings. The lowest BCUT2D eigenvalue weighted by molar-refractivity contribution is -0.0838. The van der Waals surface area contributed by atoms with E-state index in [1.54, 1.807) is 19.3 Å². The number of hydrogen-bond acceptors (Lipinski definition) is 4. The molecule has 0 amide bonds. The minimum absolute atomic E-state index is 0.503. The molecule has 0 radical (unpaired) electrons. The lowest BCUT2D eigenvalue weighted by atomic mass is 10.1. The first-order valence-electron chi connectivity index (χ1n) is 5.25. The van der Waals surface area contributed by atoms with Crippen LogP contribution in [-0.2, 0) is 11.2 Å². The zero-order valence-corrected chi connectivity index (χ0v) is 9.13. The van der Waals surface area contributed by atoms with Gasteiger partial charge >= 0.3 is 0 Å². The molecule has 4 heteroatoms. The lowest BCUT2D eigenvalue weighted by Crippen LogP contribution is -2.09. The predicted octanol–water partition coefficient (Wildman–Crippen LogP) is 1.53. The number of nitrogens with zero attached hydrogens (tertiary/aromatic N) is 2. The molecule has 84 valence electrons. The van der Waals surface area contributed by atoms with Crippen molar-refractivity contribution < 1.29 is 9.84 Å². The van der Waals surface area contributed by atoms with Gasteiger partial charge in [0.1, 0.15) is 0 Å². The maximum Gasteiger partial charge on any atom is 0.151 e. The molecule has 1 unspecified atom stereocenters. The number of ether oxygens (including phenoxy) is 1. The van der Waals surface area contributed by atoms with E-state index in [0.717, 1.165) is 23.0 Å². The molecule has 1 N–H and O–H groups in total. The van der Waals surface area contributed by atoms with Gasteiger partial charge in [-0.1, -0.05) is 6.07 Å². The topological polar surface area (TPSA) is 55.2 Å². The van der Waals surface area contributed by atoms with Gasteiger partial charge in [-0.2, -0.15) is 0 Å². The monoisotopic (exact) mass is 218 g/mol. The Balaban J connectivity index is 2.08. The largest absolute Gasteiger partial charge is 0.368 e. The summed E-state index contributed by atoms with van der Waals surface area (Å²) >= 11 is 0. The van der Waals surface area contributed by atoms with Gasteiger partial charge in [-0.25, -0.2) is 0 Å². The SMILES string of the molecule is CC(O)OCCc1ccc2nccnc2c1. The maximum atomic E-state index is 8.96. The summed E-state index contributed by atoms with van der Waals surface area (Å²) in [5.41, 5.74) is 2.91. The van der Waals surface area contributed by atoms with Crippen molar-refractivity contribution >= 4 is 11.0 Å². The third-order valence-corrected chi connectivity index (χ3v) is 2.28. The molecule has 0 spiro atoms. The Hall–Kier alpha value is -1.52. The van der Waals surface area contributed by atoms with E-state index < -0.39 is 6.29 Å². The molecule has 1 atom stereocenters. The Morgan fingerprint density at radius 3 is 2.75 bits per heavy atom. The van der Waals surface area contributed by atoms with Crippen LogP contribution in [0.5, 0.6) is 0 Å². The molecule has 16 heavy (non-hydrogen) atoms. The normalized spacial score (nSPS) is 12.9. The minimum Gasteiger partial charge on any atom is -0.368 e.